The van der Waals surface area contributed by atoms with E-state index in [4.69, 9.17) is 9.72 Å². The fraction of sp³-hybridized carbons (Fsp3) is 0.500. The van der Waals surface area contributed by atoms with E-state index in [9.17, 15) is 9.59 Å². The summed E-state index contributed by atoms with van der Waals surface area (Å²) >= 11 is 2.87. The fourth-order valence-corrected chi connectivity index (χ4v) is 5.13. The Morgan fingerprint density at radius 1 is 1.44 bits per heavy atom. The number of allylic oxidation sites excluding steroid dienone is 1. The Bertz CT molecular complexity index is 867. The van der Waals surface area contributed by atoms with E-state index in [2.05, 4.69) is 6.58 Å². The average Bonchev–Trinajstić information content (AvgIpc) is 2.93. The molecule has 2 aromatic rings. The number of ether oxygens (including phenoxy) is 1. The van der Waals surface area contributed by atoms with Crippen LogP contribution < -0.4 is 5.56 Å². The number of fused-ring (bicyclic) bond motifs is 3. The van der Waals surface area contributed by atoms with E-state index in [0.29, 0.717) is 11.7 Å². The smallest absolute Gasteiger partial charge is 0.316 e. The molecule has 0 unspecified atom stereocenters. The van der Waals surface area contributed by atoms with E-state index in [1.54, 1.807) is 22.0 Å². The molecule has 0 bridgehead atoms. The lowest BCUT2D eigenvalue weighted by Gasteiger charge is -2.12. The molecule has 0 saturated carbocycles. The molecule has 0 atom stereocenters. The van der Waals surface area contributed by atoms with Gasteiger partial charge in [0.15, 0.2) is 5.16 Å². The molecule has 134 valence electrons. The standard InChI is InChI=1S/C18H22N2O3S2/c1-4-9-20-17(22)15-12-7-5-6-8-13(12)25-16(15)19-18(20)24-10-14(21)23-11(2)3/h4,11H,1,5-10H2,2-3H3. The van der Waals surface area contributed by atoms with Gasteiger partial charge in [0, 0.05) is 11.4 Å². The summed E-state index contributed by atoms with van der Waals surface area (Å²) in [6.07, 6.45) is 5.81. The third kappa shape index (κ3) is 3.82. The van der Waals surface area contributed by atoms with Gasteiger partial charge in [-0.05, 0) is 45.1 Å². The van der Waals surface area contributed by atoms with Crippen molar-refractivity contribution in [2.45, 2.75) is 57.3 Å². The van der Waals surface area contributed by atoms with Gasteiger partial charge in [-0.25, -0.2) is 4.98 Å². The number of rotatable bonds is 6. The Labute approximate surface area is 155 Å². The predicted octanol–water partition coefficient (Wildman–Crippen LogP) is 3.57. The number of thioether (sulfide) groups is 1. The maximum atomic E-state index is 13.0. The molecule has 0 fully saturated rings. The third-order valence-corrected chi connectivity index (χ3v) is 6.17. The summed E-state index contributed by atoms with van der Waals surface area (Å²) < 4.78 is 6.78. The molecule has 0 amide bonds. The number of aromatic nitrogens is 2. The number of hydrogen-bond acceptors (Lipinski definition) is 6. The van der Waals surface area contributed by atoms with Gasteiger partial charge in [0.25, 0.3) is 5.56 Å². The number of carbonyl (C=O) groups is 1. The molecular formula is C18H22N2O3S2. The van der Waals surface area contributed by atoms with Gasteiger partial charge in [-0.3, -0.25) is 14.2 Å². The normalized spacial score (nSPS) is 13.9. The van der Waals surface area contributed by atoms with Crippen molar-refractivity contribution in [1.29, 1.82) is 0 Å². The van der Waals surface area contributed by atoms with E-state index in [1.807, 2.05) is 13.8 Å². The van der Waals surface area contributed by atoms with Crippen LogP contribution in [-0.2, 0) is 28.9 Å². The van der Waals surface area contributed by atoms with Crippen LogP contribution in [0.3, 0.4) is 0 Å². The highest BCUT2D eigenvalue weighted by atomic mass is 32.2. The SMILES string of the molecule is C=CCn1c(SCC(=O)OC(C)C)nc2sc3c(c2c1=O)CCCC3. The number of hydrogen-bond donors (Lipinski definition) is 0. The zero-order chi connectivity index (χ0) is 18.0. The topological polar surface area (TPSA) is 61.2 Å². The molecule has 1 aliphatic carbocycles. The minimum Gasteiger partial charge on any atom is -0.462 e. The molecular weight excluding hydrogens is 356 g/mol. The van der Waals surface area contributed by atoms with Crippen molar-refractivity contribution in [2.24, 2.45) is 0 Å². The Kier molecular flexibility index (Phi) is 5.64. The maximum absolute atomic E-state index is 13.0. The molecule has 2 aromatic heterocycles. The first kappa shape index (κ1) is 18.2. The number of thiophene rings is 1. The van der Waals surface area contributed by atoms with Crippen LogP contribution in [-0.4, -0.2) is 27.4 Å². The first-order chi connectivity index (χ1) is 12.0. The van der Waals surface area contributed by atoms with Gasteiger partial charge in [-0.1, -0.05) is 17.8 Å². The maximum Gasteiger partial charge on any atom is 0.316 e. The molecule has 0 radical (unpaired) electrons. The third-order valence-electron chi connectivity index (χ3n) is 4.04. The second-order valence-electron chi connectivity index (χ2n) is 6.32. The predicted molar refractivity (Wildman–Crippen MR) is 103 cm³/mol. The molecule has 25 heavy (non-hydrogen) atoms. The molecule has 3 rings (SSSR count). The molecule has 0 spiro atoms. The van der Waals surface area contributed by atoms with Gasteiger partial charge < -0.3 is 4.74 Å². The monoisotopic (exact) mass is 378 g/mol. The zero-order valence-electron chi connectivity index (χ0n) is 14.5. The highest BCUT2D eigenvalue weighted by Crippen LogP contribution is 2.34. The average molecular weight is 379 g/mol. The van der Waals surface area contributed by atoms with Crippen LogP contribution in [0.5, 0.6) is 0 Å². The lowest BCUT2D eigenvalue weighted by atomic mass is 9.97. The summed E-state index contributed by atoms with van der Waals surface area (Å²) in [6.45, 7) is 7.76. The molecule has 0 saturated heterocycles. The van der Waals surface area contributed by atoms with E-state index >= 15 is 0 Å². The lowest BCUT2D eigenvalue weighted by Crippen LogP contribution is -2.24. The van der Waals surface area contributed by atoms with Gasteiger partial charge in [-0.2, -0.15) is 0 Å². The summed E-state index contributed by atoms with van der Waals surface area (Å²) in [7, 11) is 0. The molecule has 1 aliphatic rings. The van der Waals surface area contributed by atoms with E-state index < -0.39 is 0 Å². The fourth-order valence-electron chi connectivity index (χ4n) is 3.04. The van der Waals surface area contributed by atoms with Crippen LogP contribution >= 0.6 is 23.1 Å². The highest BCUT2D eigenvalue weighted by Gasteiger charge is 2.22. The van der Waals surface area contributed by atoms with E-state index in [1.165, 1.54) is 28.6 Å². The van der Waals surface area contributed by atoms with Crippen LogP contribution in [0.25, 0.3) is 10.2 Å². The quantitative estimate of drug-likeness (QED) is 0.333. The highest BCUT2D eigenvalue weighted by molar-refractivity contribution is 7.99. The van der Waals surface area contributed by atoms with Crippen molar-refractivity contribution in [3.05, 3.63) is 33.4 Å². The Hall–Kier alpha value is -1.60. The molecule has 7 heteroatoms. The van der Waals surface area contributed by atoms with Gasteiger partial charge in [-0.15, -0.1) is 17.9 Å². The largest absolute Gasteiger partial charge is 0.462 e. The summed E-state index contributed by atoms with van der Waals surface area (Å²) in [5, 5.41) is 1.31. The van der Waals surface area contributed by atoms with Crippen molar-refractivity contribution >= 4 is 39.3 Å². The summed E-state index contributed by atoms with van der Waals surface area (Å²) in [6, 6.07) is 0. The second-order valence-corrected chi connectivity index (χ2v) is 8.34. The molecule has 0 N–H and O–H groups in total. The zero-order valence-corrected chi connectivity index (χ0v) is 16.2. The van der Waals surface area contributed by atoms with Gasteiger partial charge >= 0.3 is 5.97 Å². The van der Waals surface area contributed by atoms with Gasteiger partial charge in [0.2, 0.25) is 0 Å². The molecule has 0 aromatic carbocycles. The second kappa shape index (κ2) is 7.74. The van der Waals surface area contributed by atoms with Gasteiger partial charge in [0.1, 0.15) is 4.83 Å². The van der Waals surface area contributed by atoms with Crippen LogP contribution in [0.2, 0.25) is 0 Å². The lowest BCUT2D eigenvalue weighted by molar-refractivity contribution is -0.144. The summed E-state index contributed by atoms with van der Waals surface area (Å²) in [5.41, 5.74) is 1.15. The van der Waals surface area contributed by atoms with Crippen molar-refractivity contribution in [2.75, 3.05) is 5.75 Å². The van der Waals surface area contributed by atoms with E-state index in [-0.39, 0.29) is 23.4 Å². The van der Waals surface area contributed by atoms with Crippen molar-refractivity contribution in [1.82, 2.24) is 9.55 Å². The van der Waals surface area contributed by atoms with Crippen molar-refractivity contribution < 1.29 is 9.53 Å². The van der Waals surface area contributed by atoms with Gasteiger partial charge in [0.05, 0.1) is 17.2 Å². The van der Waals surface area contributed by atoms with Crippen LogP contribution in [0.4, 0.5) is 0 Å². The number of carbonyl (C=O) groups excluding carboxylic acids is 1. The first-order valence-electron chi connectivity index (χ1n) is 8.49. The number of nitrogens with zero attached hydrogens (tertiary/aromatic N) is 2. The first-order valence-corrected chi connectivity index (χ1v) is 10.3. The molecule has 5 nitrogen and oxygen atoms in total. The van der Waals surface area contributed by atoms with Crippen molar-refractivity contribution in [3.63, 3.8) is 0 Å². The molecule has 0 aliphatic heterocycles. The Morgan fingerprint density at radius 2 is 2.20 bits per heavy atom. The molecule has 2 heterocycles. The minimum absolute atomic E-state index is 0.0240. The van der Waals surface area contributed by atoms with Crippen LogP contribution in [0.1, 0.15) is 37.1 Å². The summed E-state index contributed by atoms with van der Waals surface area (Å²) in [4.78, 5) is 31.7. The summed E-state index contributed by atoms with van der Waals surface area (Å²) in [5.74, 6) is -0.164. The van der Waals surface area contributed by atoms with Crippen LogP contribution in [0, 0.1) is 0 Å². The number of aryl methyl sites for hydroxylation is 2. The van der Waals surface area contributed by atoms with Crippen LogP contribution in [0.15, 0.2) is 22.6 Å². The Morgan fingerprint density at radius 3 is 2.92 bits per heavy atom. The van der Waals surface area contributed by atoms with Crippen molar-refractivity contribution in [3.8, 4) is 0 Å². The number of esters is 1. The minimum atomic E-state index is -0.301. The van der Waals surface area contributed by atoms with E-state index in [0.717, 1.165) is 29.5 Å². The Balaban J connectivity index is 1.99.